The molecule has 0 aliphatic heterocycles. The minimum absolute atomic E-state index is 0.0996. The number of aromatic nitrogens is 2. The van der Waals surface area contributed by atoms with E-state index in [2.05, 4.69) is 36.1 Å². The molecule has 0 saturated heterocycles. The molecule has 0 spiro atoms. The topological polar surface area (TPSA) is 73.1 Å². The molecule has 102 valence electrons. The monoisotopic (exact) mass is 252 g/mol. The van der Waals surface area contributed by atoms with Gasteiger partial charge in [-0.3, -0.25) is 4.98 Å². The van der Waals surface area contributed by atoms with Gasteiger partial charge in [0.2, 0.25) is 5.88 Å². The Kier molecular flexibility index (Phi) is 5.34. The van der Waals surface area contributed by atoms with Crippen molar-refractivity contribution >= 4 is 5.82 Å². The summed E-state index contributed by atoms with van der Waals surface area (Å²) < 4.78 is 5.29. The fraction of sp³-hybridized carbons (Fsp3) is 0.692. The zero-order valence-corrected chi connectivity index (χ0v) is 11.7. The van der Waals surface area contributed by atoms with Gasteiger partial charge in [-0.15, -0.1) is 0 Å². The highest BCUT2D eigenvalue weighted by atomic mass is 16.5. The third-order valence-corrected chi connectivity index (χ3v) is 2.32. The highest BCUT2D eigenvalue weighted by molar-refractivity contribution is 5.33. The molecule has 1 rings (SSSR count). The molecule has 0 aliphatic carbocycles. The molecule has 18 heavy (non-hydrogen) atoms. The Morgan fingerprint density at radius 3 is 2.72 bits per heavy atom. The number of nitrogens with zero attached hydrogens (tertiary/aromatic N) is 2. The van der Waals surface area contributed by atoms with Gasteiger partial charge in [0.15, 0.2) is 0 Å². The molecule has 0 bridgehead atoms. The first kappa shape index (κ1) is 14.7. The van der Waals surface area contributed by atoms with Gasteiger partial charge < -0.3 is 15.8 Å². The molecule has 0 radical (unpaired) electrons. The summed E-state index contributed by atoms with van der Waals surface area (Å²) in [4.78, 5) is 8.34. The van der Waals surface area contributed by atoms with Gasteiger partial charge in [0.25, 0.3) is 0 Å². The van der Waals surface area contributed by atoms with E-state index in [9.17, 15) is 0 Å². The number of nitrogens with two attached hydrogens (primary N) is 1. The van der Waals surface area contributed by atoms with Crippen LogP contribution in [-0.2, 0) is 0 Å². The zero-order valence-electron chi connectivity index (χ0n) is 11.7. The van der Waals surface area contributed by atoms with Gasteiger partial charge in [0.1, 0.15) is 5.82 Å². The maximum atomic E-state index is 6.06. The Morgan fingerprint density at radius 1 is 1.39 bits per heavy atom. The molecule has 0 aromatic carbocycles. The van der Waals surface area contributed by atoms with E-state index in [0.717, 1.165) is 6.42 Å². The van der Waals surface area contributed by atoms with E-state index < -0.39 is 0 Å². The van der Waals surface area contributed by atoms with Gasteiger partial charge in [-0.1, -0.05) is 20.8 Å². The van der Waals surface area contributed by atoms with Crippen LogP contribution in [0.4, 0.5) is 5.82 Å². The van der Waals surface area contributed by atoms with Crippen LogP contribution in [0.1, 0.15) is 34.1 Å². The van der Waals surface area contributed by atoms with Crippen LogP contribution in [0.2, 0.25) is 0 Å². The Hall–Kier alpha value is -1.36. The van der Waals surface area contributed by atoms with E-state index in [-0.39, 0.29) is 11.5 Å². The normalized spacial score (nSPS) is 13.2. The first-order chi connectivity index (χ1) is 8.40. The van der Waals surface area contributed by atoms with Gasteiger partial charge in [-0.05, 0) is 18.8 Å². The maximum absolute atomic E-state index is 6.06. The Bertz CT molecular complexity index is 362. The lowest BCUT2D eigenvalue weighted by Crippen LogP contribution is -2.33. The van der Waals surface area contributed by atoms with Crippen LogP contribution in [0.5, 0.6) is 5.88 Å². The van der Waals surface area contributed by atoms with Crippen LogP contribution in [0.15, 0.2) is 12.4 Å². The fourth-order valence-electron chi connectivity index (χ4n) is 1.75. The molecule has 0 aliphatic rings. The summed E-state index contributed by atoms with van der Waals surface area (Å²) in [6.07, 6.45) is 4.23. The molecule has 0 saturated carbocycles. The van der Waals surface area contributed by atoms with Crippen LogP contribution < -0.4 is 15.8 Å². The van der Waals surface area contributed by atoms with Crippen LogP contribution in [0.25, 0.3) is 0 Å². The largest absolute Gasteiger partial charge is 0.477 e. The van der Waals surface area contributed by atoms with Crippen molar-refractivity contribution in [1.29, 1.82) is 0 Å². The molecule has 3 N–H and O–H groups in total. The number of hydrogen-bond acceptors (Lipinski definition) is 5. The van der Waals surface area contributed by atoms with Crippen molar-refractivity contribution in [2.24, 2.45) is 11.1 Å². The summed E-state index contributed by atoms with van der Waals surface area (Å²) in [5.41, 5.74) is 6.30. The first-order valence-corrected chi connectivity index (χ1v) is 6.35. The van der Waals surface area contributed by atoms with Crippen molar-refractivity contribution in [2.45, 2.75) is 40.2 Å². The van der Waals surface area contributed by atoms with Crippen molar-refractivity contribution < 1.29 is 4.74 Å². The van der Waals surface area contributed by atoms with E-state index in [1.807, 2.05) is 6.92 Å². The van der Waals surface area contributed by atoms with Gasteiger partial charge in [0, 0.05) is 12.6 Å². The highest BCUT2D eigenvalue weighted by Crippen LogP contribution is 2.20. The maximum Gasteiger partial charge on any atom is 0.234 e. The molecule has 5 nitrogen and oxygen atoms in total. The molecule has 1 heterocycles. The number of rotatable bonds is 6. The second-order valence-electron chi connectivity index (χ2n) is 5.58. The molecular weight excluding hydrogens is 228 g/mol. The first-order valence-electron chi connectivity index (χ1n) is 6.35. The number of ether oxygens (including phenoxy) is 1. The van der Waals surface area contributed by atoms with E-state index in [1.54, 1.807) is 12.4 Å². The second-order valence-corrected chi connectivity index (χ2v) is 5.58. The Morgan fingerprint density at radius 2 is 2.11 bits per heavy atom. The van der Waals surface area contributed by atoms with Crippen molar-refractivity contribution in [2.75, 3.05) is 18.5 Å². The highest BCUT2D eigenvalue weighted by Gasteiger charge is 2.15. The quantitative estimate of drug-likeness (QED) is 0.810. The average Bonchev–Trinajstić information content (AvgIpc) is 2.25. The van der Waals surface area contributed by atoms with Gasteiger partial charge in [-0.25, -0.2) is 0 Å². The summed E-state index contributed by atoms with van der Waals surface area (Å²) in [5, 5.41) is 3.19. The molecule has 1 atom stereocenters. The third kappa shape index (κ3) is 5.82. The van der Waals surface area contributed by atoms with Crippen molar-refractivity contribution in [1.82, 2.24) is 9.97 Å². The average molecular weight is 252 g/mol. The van der Waals surface area contributed by atoms with E-state index in [4.69, 9.17) is 10.5 Å². The molecule has 1 unspecified atom stereocenters. The van der Waals surface area contributed by atoms with E-state index in [0.29, 0.717) is 24.8 Å². The summed E-state index contributed by atoms with van der Waals surface area (Å²) in [6.45, 7) is 9.73. The predicted molar refractivity (Wildman–Crippen MR) is 73.7 cm³/mol. The van der Waals surface area contributed by atoms with Crippen LogP contribution in [0.3, 0.4) is 0 Å². The second kappa shape index (κ2) is 6.54. The van der Waals surface area contributed by atoms with Crippen LogP contribution >= 0.6 is 0 Å². The van der Waals surface area contributed by atoms with Crippen molar-refractivity contribution in [3.63, 3.8) is 0 Å². The minimum atomic E-state index is 0.0996. The molecule has 1 aromatic heterocycles. The Labute approximate surface area is 109 Å². The SMILES string of the molecule is CCOc1cncc(NCC(N)CC(C)(C)C)n1. The number of anilines is 1. The summed E-state index contributed by atoms with van der Waals surface area (Å²) >= 11 is 0. The van der Waals surface area contributed by atoms with Crippen LogP contribution in [-0.4, -0.2) is 29.2 Å². The van der Waals surface area contributed by atoms with Crippen molar-refractivity contribution in [3.05, 3.63) is 12.4 Å². The standard InChI is InChI=1S/C13H24N4O/c1-5-18-12-9-15-8-11(17-12)16-7-10(14)6-13(2,3)4/h8-10H,5-7,14H2,1-4H3,(H,16,17). The molecular formula is C13H24N4O. The Balaban J connectivity index is 2.45. The van der Waals surface area contributed by atoms with Crippen molar-refractivity contribution in [3.8, 4) is 5.88 Å². The van der Waals surface area contributed by atoms with E-state index in [1.165, 1.54) is 0 Å². The van der Waals surface area contributed by atoms with Gasteiger partial charge in [0.05, 0.1) is 19.0 Å². The fourth-order valence-corrected chi connectivity index (χ4v) is 1.75. The lowest BCUT2D eigenvalue weighted by molar-refractivity contribution is 0.325. The van der Waals surface area contributed by atoms with Gasteiger partial charge in [-0.2, -0.15) is 4.98 Å². The number of nitrogens with one attached hydrogen (secondary N) is 1. The van der Waals surface area contributed by atoms with Crippen LogP contribution in [0, 0.1) is 5.41 Å². The minimum Gasteiger partial charge on any atom is -0.477 e. The molecule has 0 fully saturated rings. The summed E-state index contributed by atoms with van der Waals surface area (Å²) in [5.74, 6) is 1.23. The van der Waals surface area contributed by atoms with E-state index >= 15 is 0 Å². The lowest BCUT2D eigenvalue weighted by Gasteiger charge is -2.23. The lowest BCUT2D eigenvalue weighted by atomic mass is 9.88. The molecule has 1 aromatic rings. The molecule has 0 amide bonds. The zero-order chi connectivity index (χ0) is 13.6. The predicted octanol–water partition coefficient (Wildman–Crippen LogP) is 2.05. The van der Waals surface area contributed by atoms with Gasteiger partial charge >= 0.3 is 0 Å². The smallest absolute Gasteiger partial charge is 0.234 e. The summed E-state index contributed by atoms with van der Waals surface area (Å²) in [7, 11) is 0. The summed E-state index contributed by atoms with van der Waals surface area (Å²) in [6, 6.07) is 0.0996. The number of hydrogen-bond donors (Lipinski definition) is 2. The molecule has 5 heteroatoms. The third-order valence-electron chi connectivity index (χ3n) is 2.32.